The lowest BCUT2D eigenvalue weighted by molar-refractivity contribution is -0.384. The number of nitro benzene ring substituents is 1. The van der Waals surface area contributed by atoms with Gasteiger partial charge in [-0.2, -0.15) is 0 Å². The van der Waals surface area contributed by atoms with Gasteiger partial charge in [0, 0.05) is 55.1 Å². The van der Waals surface area contributed by atoms with Gasteiger partial charge in [-0.15, -0.1) is 0 Å². The summed E-state index contributed by atoms with van der Waals surface area (Å²) in [4.78, 5) is 50.8. The minimum absolute atomic E-state index is 0.00103. The number of amides is 1. The summed E-state index contributed by atoms with van der Waals surface area (Å²) < 4.78 is 4.91. The van der Waals surface area contributed by atoms with E-state index in [1.165, 1.54) is 19.1 Å². The molecular weight excluding hydrogens is 402 g/mol. The normalized spacial score (nSPS) is 13.6. The number of piperazine rings is 1. The number of benzene rings is 2. The second-order valence-corrected chi connectivity index (χ2v) is 7.13. The maximum absolute atomic E-state index is 13.0. The second kappa shape index (κ2) is 9.38. The van der Waals surface area contributed by atoms with Crippen LogP contribution in [0.5, 0.6) is 0 Å². The smallest absolute Gasteiger partial charge is 0.338 e. The van der Waals surface area contributed by atoms with Crippen LogP contribution in [0.3, 0.4) is 0 Å². The fraction of sp³-hybridized carbons (Fsp3) is 0.318. The zero-order chi connectivity index (χ0) is 22.5. The van der Waals surface area contributed by atoms with E-state index in [0.717, 1.165) is 11.8 Å². The van der Waals surface area contributed by atoms with Crippen LogP contribution in [0.2, 0.25) is 0 Å². The number of hydrogen-bond donors (Lipinski definition) is 0. The van der Waals surface area contributed by atoms with Crippen LogP contribution in [0.25, 0.3) is 0 Å². The lowest BCUT2D eigenvalue weighted by Gasteiger charge is -2.36. The second-order valence-electron chi connectivity index (χ2n) is 7.13. The maximum atomic E-state index is 13.0. The van der Waals surface area contributed by atoms with Gasteiger partial charge in [0.1, 0.15) is 0 Å². The summed E-state index contributed by atoms with van der Waals surface area (Å²) in [6.45, 7) is 5.26. The molecule has 0 spiro atoms. The molecule has 0 aromatic heterocycles. The zero-order valence-corrected chi connectivity index (χ0v) is 17.4. The molecule has 2 aromatic carbocycles. The monoisotopic (exact) mass is 425 g/mol. The molecule has 0 N–H and O–H groups in total. The number of ketones is 1. The van der Waals surface area contributed by atoms with E-state index in [-0.39, 0.29) is 35.1 Å². The molecule has 0 atom stereocenters. The molecule has 0 saturated carbocycles. The van der Waals surface area contributed by atoms with Gasteiger partial charge in [-0.1, -0.05) is 0 Å². The fourth-order valence-electron chi connectivity index (χ4n) is 3.43. The van der Waals surface area contributed by atoms with Crippen LogP contribution in [-0.2, 0) is 4.74 Å². The number of anilines is 1. The molecule has 3 rings (SSSR count). The first-order valence-corrected chi connectivity index (χ1v) is 9.92. The van der Waals surface area contributed by atoms with E-state index < -0.39 is 10.9 Å². The molecule has 1 aliphatic rings. The summed E-state index contributed by atoms with van der Waals surface area (Å²) in [5, 5.41) is 11.3. The van der Waals surface area contributed by atoms with Crippen molar-refractivity contribution in [2.75, 3.05) is 37.7 Å². The van der Waals surface area contributed by atoms with Gasteiger partial charge in [0.05, 0.1) is 17.1 Å². The van der Waals surface area contributed by atoms with Gasteiger partial charge in [-0.3, -0.25) is 19.7 Å². The molecule has 0 aliphatic carbocycles. The molecule has 0 bridgehead atoms. The Bertz CT molecular complexity index is 1010. The lowest BCUT2D eigenvalue weighted by Crippen LogP contribution is -2.48. The highest BCUT2D eigenvalue weighted by Crippen LogP contribution is 2.22. The van der Waals surface area contributed by atoms with Crippen LogP contribution >= 0.6 is 0 Å². The van der Waals surface area contributed by atoms with Crippen LogP contribution in [0.4, 0.5) is 11.4 Å². The van der Waals surface area contributed by atoms with Gasteiger partial charge in [0.15, 0.2) is 5.78 Å². The number of ether oxygens (including phenoxy) is 1. The van der Waals surface area contributed by atoms with Crippen molar-refractivity contribution in [1.82, 2.24) is 4.90 Å². The van der Waals surface area contributed by atoms with Crippen molar-refractivity contribution in [2.24, 2.45) is 0 Å². The van der Waals surface area contributed by atoms with Crippen molar-refractivity contribution in [3.8, 4) is 0 Å². The first kappa shape index (κ1) is 21.9. The predicted octanol–water partition coefficient (Wildman–Crippen LogP) is 2.94. The Balaban J connectivity index is 1.73. The van der Waals surface area contributed by atoms with Crippen LogP contribution in [-0.4, -0.2) is 60.3 Å². The minimum Gasteiger partial charge on any atom is -0.462 e. The summed E-state index contributed by atoms with van der Waals surface area (Å²) in [6.07, 6.45) is 0. The molecule has 1 fully saturated rings. The van der Waals surface area contributed by atoms with Gasteiger partial charge < -0.3 is 14.5 Å². The molecule has 162 valence electrons. The molecule has 31 heavy (non-hydrogen) atoms. The Kier molecular flexibility index (Phi) is 6.64. The quantitative estimate of drug-likeness (QED) is 0.303. The summed E-state index contributed by atoms with van der Waals surface area (Å²) in [5.74, 6) is -1.08. The Morgan fingerprint density at radius 2 is 1.58 bits per heavy atom. The largest absolute Gasteiger partial charge is 0.462 e. The van der Waals surface area contributed by atoms with E-state index in [9.17, 15) is 24.5 Å². The van der Waals surface area contributed by atoms with E-state index in [1.54, 1.807) is 24.0 Å². The topological polar surface area (TPSA) is 110 Å². The molecule has 0 unspecified atom stereocenters. The number of nitro groups is 1. The van der Waals surface area contributed by atoms with Crippen molar-refractivity contribution in [2.45, 2.75) is 13.8 Å². The van der Waals surface area contributed by atoms with Crippen LogP contribution in [0, 0.1) is 10.1 Å². The van der Waals surface area contributed by atoms with Gasteiger partial charge in [0.2, 0.25) is 0 Å². The van der Waals surface area contributed by atoms with E-state index in [2.05, 4.69) is 4.90 Å². The number of Topliss-reactive ketones (excluding diaryl/α,β-unsaturated/α-hetero) is 1. The molecule has 1 heterocycles. The third kappa shape index (κ3) is 5.06. The van der Waals surface area contributed by atoms with E-state index in [0.29, 0.717) is 31.7 Å². The molecule has 9 heteroatoms. The zero-order valence-electron chi connectivity index (χ0n) is 17.4. The van der Waals surface area contributed by atoms with Crippen molar-refractivity contribution in [1.29, 1.82) is 0 Å². The average Bonchev–Trinajstić information content (AvgIpc) is 2.78. The molecule has 2 aromatic rings. The van der Waals surface area contributed by atoms with Crippen molar-refractivity contribution in [3.63, 3.8) is 0 Å². The Hall–Kier alpha value is -3.75. The number of nitrogens with zero attached hydrogens (tertiary/aromatic N) is 3. The van der Waals surface area contributed by atoms with Crippen LogP contribution < -0.4 is 4.90 Å². The first-order chi connectivity index (χ1) is 14.8. The van der Waals surface area contributed by atoms with Gasteiger partial charge in [-0.25, -0.2) is 4.79 Å². The third-order valence-corrected chi connectivity index (χ3v) is 5.09. The Labute approximate surface area is 179 Å². The molecule has 1 amide bonds. The Morgan fingerprint density at radius 1 is 0.968 bits per heavy atom. The fourth-order valence-corrected chi connectivity index (χ4v) is 3.43. The van der Waals surface area contributed by atoms with Crippen molar-refractivity contribution < 1.29 is 24.0 Å². The SMILES string of the molecule is CCOC(=O)c1cc(C(=O)N2CCN(c3ccc(C(C)=O)cc3)CC2)cc([N+](=O)[O-])c1. The highest BCUT2D eigenvalue weighted by molar-refractivity contribution is 5.99. The number of esters is 1. The van der Waals surface area contributed by atoms with Crippen LogP contribution in [0.1, 0.15) is 44.9 Å². The molecular formula is C22H23N3O6. The van der Waals surface area contributed by atoms with Gasteiger partial charge in [-0.05, 0) is 44.2 Å². The maximum Gasteiger partial charge on any atom is 0.338 e. The number of hydrogen-bond acceptors (Lipinski definition) is 7. The van der Waals surface area contributed by atoms with Gasteiger partial charge in [0.25, 0.3) is 11.6 Å². The minimum atomic E-state index is -0.709. The predicted molar refractivity (Wildman–Crippen MR) is 114 cm³/mol. The molecule has 1 saturated heterocycles. The number of rotatable bonds is 6. The Morgan fingerprint density at radius 3 is 2.13 bits per heavy atom. The van der Waals surface area contributed by atoms with Gasteiger partial charge >= 0.3 is 5.97 Å². The average molecular weight is 425 g/mol. The van der Waals surface area contributed by atoms with E-state index >= 15 is 0 Å². The molecule has 9 nitrogen and oxygen atoms in total. The van der Waals surface area contributed by atoms with Crippen molar-refractivity contribution >= 4 is 29.0 Å². The van der Waals surface area contributed by atoms with Crippen LogP contribution in [0.15, 0.2) is 42.5 Å². The summed E-state index contributed by atoms with van der Waals surface area (Å²) in [7, 11) is 0. The first-order valence-electron chi connectivity index (χ1n) is 9.92. The third-order valence-electron chi connectivity index (χ3n) is 5.09. The van der Waals surface area contributed by atoms with E-state index in [4.69, 9.17) is 4.74 Å². The summed E-state index contributed by atoms with van der Waals surface area (Å²) >= 11 is 0. The highest BCUT2D eigenvalue weighted by atomic mass is 16.6. The van der Waals surface area contributed by atoms with Crippen molar-refractivity contribution in [3.05, 3.63) is 69.3 Å². The molecule has 1 aliphatic heterocycles. The number of non-ortho nitro benzene ring substituents is 1. The summed E-state index contributed by atoms with van der Waals surface area (Å²) in [6, 6.07) is 10.9. The standard InChI is InChI=1S/C22H23N3O6/c1-3-31-22(28)18-12-17(13-20(14-18)25(29)30)21(27)24-10-8-23(9-11-24)19-6-4-16(5-7-19)15(2)26/h4-7,12-14H,3,8-11H2,1-2H3. The highest BCUT2D eigenvalue weighted by Gasteiger charge is 2.25. The molecule has 0 radical (unpaired) electrons. The lowest BCUT2D eigenvalue weighted by atomic mass is 10.1. The summed E-state index contributed by atoms with van der Waals surface area (Å²) in [5.41, 5.74) is 1.32. The number of carbonyl (C=O) groups is 3. The van der Waals surface area contributed by atoms with E-state index in [1.807, 2.05) is 12.1 Å². The number of carbonyl (C=O) groups excluding carboxylic acids is 3.